The first-order valence-electron chi connectivity index (χ1n) is 9.44. The molecule has 3 aromatic rings. The number of carbonyl (C=O) groups is 1. The van der Waals surface area contributed by atoms with Crippen molar-refractivity contribution < 1.29 is 13.9 Å². The molecule has 146 valence electrons. The van der Waals surface area contributed by atoms with Gasteiger partial charge < -0.3 is 19.0 Å². The first kappa shape index (κ1) is 18.7. The van der Waals surface area contributed by atoms with E-state index in [4.69, 9.17) is 9.15 Å². The van der Waals surface area contributed by atoms with Crippen molar-refractivity contribution in [2.75, 3.05) is 5.32 Å². The number of imidazole rings is 1. The van der Waals surface area contributed by atoms with Gasteiger partial charge in [0.1, 0.15) is 11.5 Å². The molecule has 1 aromatic carbocycles. The molecule has 6 nitrogen and oxygen atoms in total. The molecule has 0 bridgehead atoms. The zero-order valence-corrected chi connectivity index (χ0v) is 16.6. The number of thioether (sulfide) groups is 1. The maximum absolute atomic E-state index is 12.4. The number of furan rings is 1. The van der Waals surface area contributed by atoms with Gasteiger partial charge in [-0.25, -0.2) is 4.98 Å². The lowest BCUT2D eigenvalue weighted by Gasteiger charge is -2.13. The largest absolute Gasteiger partial charge is 0.490 e. The first-order chi connectivity index (χ1) is 13.7. The maximum Gasteiger partial charge on any atom is 0.291 e. The van der Waals surface area contributed by atoms with Gasteiger partial charge in [-0.05, 0) is 62.1 Å². The summed E-state index contributed by atoms with van der Waals surface area (Å²) >= 11 is 1.56. The Hall–Kier alpha value is -2.67. The highest BCUT2D eigenvalue weighted by Gasteiger charge is 2.17. The summed E-state index contributed by atoms with van der Waals surface area (Å²) in [6, 6.07) is 11.0. The molecule has 0 atom stereocenters. The fourth-order valence-electron chi connectivity index (χ4n) is 3.21. The van der Waals surface area contributed by atoms with Gasteiger partial charge in [0.05, 0.1) is 11.9 Å². The van der Waals surface area contributed by atoms with E-state index >= 15 is 0 Å². The third kappa shape index (κ3) is 4.59. The molecule has 2 aromatic heterocycles. The average molecular weight is 398 g/mol. The standard InChI is InChI=1S/C21H23N3O3S/c1-24-13-12-22-21(24)28-14-18-10-11-19(27-18)20(25)23-15-6-8-17(9-7-15)26-16-4-2-3-5-16/h6-13,16H,2-5,14H2,1H3,(H,23,25). The molecule has 2 heterocycles. The smallest absolute Gasteiger partial charge is 0.291 e. The third-order valence-electron chi connectivity index (χ3n) is 4.72. The zero-order valence-electron chi connectivity index (χ0n) is 15.8. The van der Waals surface area contributed by atoms with Crippen molar-refractivity contribution in [3.63, 3.8) is 0 Å². The molecule has 7 heteroatoms. The van der Waals surface area contributed by atoms with Crippen molar-refractivity contribution in [2.24, 2.45) is 7.05 Å². The number of amides is 1. The number of anilines is 1. The van der Waals surface area contributed by atoms with Crippen LogP contribution in [0.1, 0.15) is 42.0 Å². The number of hydrogen-bond donors (Lipinski definition) is 1. The average Bonchev–Trinajstić information content (AvgIpc) is 3.44. The quantitative estimate of drug-likeness (QED) is 0.576. The van der Waals surface area contributed by atoms with E-state index in [1.54, 1.807) is 24.0 Å². The molecule has 28 heavy (non-hydrogen) atoms. The van der Waals surface area contributed by atoms with Gasteiger partial charge in [0.15, 0.2) is 10.9 Å². The summed E-state index contributed by atoms with van der Waals surface area (Å²) in [6.07, 6.45) is 8.70. The highest BCUT2D eigenvalue weighted by molar-refractivity contribution is 7.98. The van der Waals surface area contributed by atoms with E-state index in [9.17, 15) is 4.79 Å². The number of ether oxygens (including phenoxy) is 1. The summed E-state index contributed by atoms with van der Waals surface area (Å²) in [7, 11) is 1.94. The lowest BCUT2D eigenvalue weighted by atomic mass is 10.2. The van der Waals surface area contributed by atoms with Crippen LogP contribution in [0.15, 0.2) is 58.4 Å². The van der Waals surface area contributed by atoms with Crippen molar-refractivity contribution in [1.82, 2.24) is 9.55 Å². The Morgan fingerprint density at radius 3 is 2.75 bits per heavy atom. The van der Waals surface area contributed by atoms with Gasteiger partial charge in [-0.1, -0.05) is 11.8 Å². The van der Waals surface area contributed by atoms with Crippen LogP contribution in [0.5, 0.6) is 5.75 Å². The van der Waals surface area contributed by atoms with Crippen LogP contribution in [-0.2, 0) is 12.8 Å². The summed E-state index contributed by atoms with van der Waals surface area (Å²) in [5, 5.41) is 3.76. The normalized spacial score (nSPS) is 14.3. The summed E-state index contributed by atoms with van der Waals surface area (Å²) in [5.41, 5.74) is 0.712. The second-order valence-electron chi connectivity index (χ2n) is 6.88. The minimum atomic E-state index is -0.266. The van der Waals surface area contributed by atoms with E-state index < -0.39 is 0 Å². The predicted molar refractivity (Wildman–Crippen MR) is 109 cm³/mol. The molecule has 1 N–H and O–H groups in total. The SMILES string of the molecule is Cn1ccnc1SCc1ccc(C(=O)Nc2ccc(OC3CCCC3)cc2)o1. The number of aromatic nitrogens is 2. The number of rotatable bonds is 7. The molecule has 0 radical (unpaired) electrons. The lowest BCUT2D eigenvalue weighted by Crippen LogP contribution is -2.12. The molecule has 0 saturated heterocycles. The van der Waals surface area contributed by atoms with Gasteiger partial charge in [-0.15, -0.1) is 0 Å². The van der Waals surface area contributed by atoms with Gasteiger partial charge in [-0.2, -0.15) is 0 Å². The zero-order chi connectivity index (χ0) is 19.3. The van der Waals surface area contributed by atoms with Crippen LogP contribution in [0.25, 0.3) is 0 Å². The topological polar surface area (TPSA) is 69.3 Å². The Bertz CT molecular complexity index is 927. The van der Waals surface area contributed by atoms with Crippen molar-refractivity contribution >= 4 is 23.4 Å². The Morgan fingerprint density at radius 1 is 1.25 bits per heavy atom. The van der Waals surface area contributed by atoms with Crippen molar-refractivity contribution in [1.29, 1.82) is 0 Å². The van der Waals surface area contributed by atoms with Crippen LogP contribution < -0.4 is 10.1 Å². The predicted octanol–water partition coefficient (Wildman–Crippen LogP) is 4.88. The molecule has 0 aliphatic heterocycles. The monoisotopic (exact) mass is 397 g/mol. The summed E-state index contributed by atoms with van der Waals surface area (Å²) < 4.78 is 13.6. The second kappa shape index (κ2) is 8.56. The van der Waals surface area contributed by atoms with Crippen LogP contribution in [-0.4, -0.2) is 21.6 Å². The molecule has 1 aliphatic carbocycles. The lowest BCUT2D eigenvalue weighted by molar-refractivity contribution is 0.0995. The number of hydrogen-bond acceptors (Lipinski definition) is 5. The first-order valence-corrected chi connectivity index (χ1v) is 10.4. The van der Waals surface area contributed by atoms with E-state index in [-0.39, 0.29) is 5.91 Å². The van der Waals surface area contributed by atoms with Crippen LogP contribution in [0.3, 0.4) is 0 Å². The van der Waals surface area contributed by atoms with E-state index in [0.29, 0.717) is 23.3 Å². The summed E-state index contributed by atoms with van der Waals surface area (Å²) in [4.78, 5) is 16.7. The Balaban J connectivity index is 1.31. The van der Waals surface area contributed by atoms with Gasteiger partial charge in [0.2, 0.25) is 0 Å². The fraction of sp³-hybridized carbons (Fsp3) is 0.333. The van der Waals surface area contributed by atoms with E-state index in [1.165, 1.54) is 12.8 Å². The molecular weight excluding hydrogens is 374 g/mol. The van der Waals surface area contributed by atoms with E-state index in [2.05, 4.69) is 10.3 Å². The number of benzene rings is 1. The highest BCUT2D eigenvalue weighted by atomic mass is 32.2. The van der Waals surface area contributed by atoms with Crippen LogP contribution >= 0.6 is 11.8 Å². The maximum atomic E-state index is 12.4. The van der Waals surface area contributed by atoms with Crippen molar-refractivity contribution in [3.8, 4) is 5.75 Å². The molecule has 4 rings (SSSR count). The summed E-state index contributed by atoms with van der Waals surface area (Å²) in [5.74, 6) is 2.22. The Morgan fingerprint density at radius 2 is 2.04 bits per heavy atom. The summed E-state index contributed by atoms with van der Waals surface area (Å²) in [6.45, 7) is 0. The van der Waals surface area contributed by atoms with E-state index in [0.717, 1.165) is 29.5 Å². The molecule has 1 saturated carbocycles. The number of nitrogens with zero attached hydrogens (tertiary/aromatic N) is 2. The molecule has 0 unspecified atom stereocenters. The minimum Gasteiger partial charge on any atom is -0.490 e. The fourth-order valence-corrected chi connectivity index (χ4v) is 4.04. The second-order valence-corrected chi connectivity index (χ2v) is 7.82. The van der Waals surface area contributed by atoms with Gasteiger partial charge in [0.25, 0.3) is 5.91 Å². The minimum absolute atomic E-state index is 0.266. The molecule has 0 spiro atoms. The van der Waals surface area contributed by atoms with Crippen LogP contribution in [0.2, 0.25) is 0 Å². The highest BCUT2D eigenvalue weighted by Crippen LogP contribution is 2.26. The van der Waals surface area contributed by atoms with Gasteiger partial charge in [0, 0.05) is 25.1 Å². The molecule has 1 aliphatic rings. The van der Waals surface area contributed by atoms with Crippen LogP contribution in [0, 0.1) is 0 Å². The Labute approximate surface area is 168 Å². The molecule has 1 fully saturated rings. The van der Waals surface area contributed by atoms with Crippen molar-refractivity contribution in [3.05, 3.63) is 60.3 Å². The number of aryl methyl sites for hydroxylation is 1. The van der Waals surface area contributed by atoms with Crippen molar-refractivity contribution in [2.45, 2.75) is 42.7 Å². The van der Waals surface area contributed by atoms with Gasteiger partial charge in [-0.3, -0.25) is 4.79 Å². The molecular formula is C21H23N3O3S. The molecule has 1 amide bonds. The van der Waals surface area contributed by atoms with Crippen LogP contribution in [0.4, 0.5) is 5.69 Å². The van der Waals surface area contributed by atoms with E-state index in [1.807, 2.05) is 48.1 Å². The number of nitrogens with one attached hydrogen (secondary N) is 1. The Kier molecular flexibility index (Phi) is 5.71. The number of carbonyl (C=O) groups excluding carboxylic acids is 1. The third-order valence-corrected chi connectivity index (χ3v) is 5.80. The van der Waals surface area contributed by atoms with Gasteiger partial charge >= 0.3 is 0 Å².